The summed E-state index contributed by atoms with van der Waals surface area (Å²) in [5.41, 5.74) is 4.38. The van der Waals surface area contributed by atoms with Crippen molar-refractivity contribution >= 4 is 28.2 Å². The highest BCUT2D eigenvalue weighted by atomic mass is 16.5. The second kappa shape index (κ2) is 7.32. The van der Waals surface area contributed by atoms with Crippen LogP contribution in [0.3, 0.4) is 0 Å². The van der Waals surface area contributed by atoms with Crippen molar-refractivity contribution in [2.24, 2.45) is 0 Å². The molecule has 1 aromatic carbocycles. The molecule has 148 valence electrons. The highest BCUT2D eigenvalue weighted by molar-refractivity contribution is 5.79. The Balaban J connectivity index is 1.46. The number of methoxy groups -OCH3 is 1. The predicted octanol–water partition coefficient (Wildman–Crippen LogP) is 1.85. The molecule has 0 aliphatic carbocycles. The Hall–Kier alpha value is -4.21. The standard InChI is InChI=1S/C20H16N8O2/c1-30-18(29)12-27-11-15(8-23-27)17-9-22-19-20(24-17)28(26-25-19)10-13-4-5-16-14(7-13)3-2-6-21-16/h2-9,11H,10,12H2,1H3. The number of benzene rings is 1. The highest BCUT2D eigenvalue weighted by Gasteiger charge is 2.13. The number of esters is 1. The van der Waals surface area contributed by atoms with Crippen LogP contribution in [0.4, 0.5) is 0 Å². The molecule has 0 saturated carbocycles. The second-order valence-electron chi connectivity index (χ2n) is 6.68. The van der Waals surface area contributed by atoms with Crippen LogP contribution in [0.15, 0.2) is 55.1 Å². The Bertz CT molecular complexity index is 1370. The van der Waals surface area contributed by atoms with E-state index in [2.05, 4.69) is 41.2 Å². The Kier molecular flexibility index (Phi) is 4.36. The minimum atomic E-state index is -0.376. The van der Waals surface area contributed by atoms with Gasteiger partial charge < -0.3 is 4.74 Å². The molecule has 10 heteroatoms. The number of pyridine rings is 1. The van der Waals surface area contributed by atoms with Gasteiger partial charge in [0.1, 0.15) is 6.54 Å². The fraction of sp³-hybridized carbons (Fsp3) is 0.150. The van der Waals surface area contributed by atoms with E-state index in [9.17, 15) is 4.79 Å². The molecule has 5 aromatic rings. The third kappa shape index (κ3) is 3.34. The van der Waals surface area contributed by atoms with E-state index < -0.39 is 0 Å². The normalized spacial score (nSPS) is 11.2. The monoisotopic (exact) mass is 400 g/mol. The van der Waals surface area contributed by atoms with Gasteiger partial charge in [0, 0.05) is 23.3 Å². The van der Waals surface area contributed by atoms with E-state index in [4.69, 9.17) is 0 Å². The average Bonchev–Trinajstić information content (AvgIpc) is 3.40. The lowest BCUT2D eigenvalue weighted by Crippen LogP contribution is -2.11. The molecule has 0 aliphatic heterocycles. The molecule has 5 rings (SSSR count). The van der Waals surface area contributed by atoms with E-state index in [0.717, 1.165) is 22.0 Å². The number of ether oxygens (including phenoxy) is 1. The first-order chi connectivity index (χ1) is 14.7. The van der Waals surface area contributed by atoms with E-state index in [0.29, 0.717) is 23.5 Å². The fourth-order valence-electron chi connectivity index (χ4n) is 3.18. The van der Waals surface area contributed by atoms with Crippen LogP contribution in [-0.2, 0) is 22.6 Å². The fourth-order valence-corrected chi connectivity index (χ4v) is 3.18. The summed E-state index contributed by atoms with van der Waals surface area (Å²) in [4.78, 5) is 24.8. The van der Waals surface area contributed by atoms with Crippen LogP contribution in [0.1, 0.15) is 5.56 Å². The number of hydrogen-bond donors (Lipinski definition) is 0. The number of hydrogen-bond acceptors (Lipinski definition) is 8. The first-order valence-corrected chi connectivity index (χ1v) is 9.19. The Morgan fingerprint density at radius 1 is 1.17 bits per heavy atom. The third-order valence-electron chi connectivity index (χ3n) is 4.67. The van der Waals surface area contributed by atoms with Crippen LogP contribution in [0.2, 0.25) is 0 Å². The van der Waals surface area contributed by atoms with E-state index in [1.807, 2.05) is 24.3 Å². The molecule has 10 nitrogen and oxygen atoms in total. The molecule has 0 aliphatic rings. The molecule has 0 unspecified atom stereocenters. The molecule has 0 bridgehead atoms. The van der Waals surface area contributed by atoms with Gasteiger partial charge in [-0.1, -0.05) is 17.3 Å². The molecule has 0 atom stereocenters. The molecular weight excluding hydrogens is 384 g/mol. The van der Waals surface area contributed by atoms with Gasteiger partial charge in [0.2, 0.25) is 5.65 Å². The minimum Gasteiger partial charge on any atom is -0.468 e. The molecule has 30 heavy (non-hydrogen) atoms. The average molecular weight is 400 g/mol. The SMILES string of the molecule is COC(=O)Cn1cc(-c2cnc3nnn(Cc4ccc5ncccc5c4)c3n2)cn1. The van der Waals surface area contributed by atoms with E-state index in [-0.39, 0.29) is 12.5 Å². The van der Waals surface area contributed by atoms with Crippen LogP contribution >= 0.6 is 0 Å². The number of nitrogens with zero attached hydrogens (tertiary/aromatic N) is 8. The smallest absolute Gasteiger partial charge is 0.327 e. The van der Waals surface area contributed by atoms with Crippen LogP contribution in [0, 0.1) is 0 Å². The summed E-state index contributed by atoms with van der Waals surface area (Å²) < 4.78 is 7.87. The summed E-state index contributed by atoms with van der Waals surface area (Å²) in [6, 6.07) is 10.0. The lowest BCUT2D eigenvalue weighted by Gasteiger charge is -2.04. The summed E-state index contributed by atoms with van der Waals surface area (Å²) in [5, 5.41) is 13.5. The van der Waals surface area contributed by atoms with Crippen molar-refractivity contribution < 1.29 is 9.53 Å². The first-order valence-electron chi connectivity index (χ1n) is 9.19. The molecule has 0 spiro atoms. The van der Waals surface area contributed by atoms with Gasteiger partial charge in [0.25, 0.3) is 0 Å². The maximum Gasteiger partial charge on any atom is 0.327 e. The third-order valence-corrected chi connectivity index (χ3v) is 4.67. The van der Waals surface area contributed by atoms with Gasteiger partial charge in [-0.2, -0.15) is 5.10 Å². The lowest BCUT2D eigenvalue weighted by molar-refractivity contribution is -0.141. The van der Waals surface area contributed by atoms with Crippen molar-refractivity contribution in [1.82, 2.24) is 39.7 Å². The Labute approximate surface area is 170 Å². The van der Waals surface area contributed by atoms with Crippen LogP contribution < -0.4 is 0 Å². The molecule has 4 aromatic heterocycles. The van der Waals surface area contributed by atoms with Crippen molar-refractivity contribution in [3.63, 3.8) is 0 Å². The topological polar surface area (TPSA) is 114 Å². The van der Waals surface area contributed by atoms with Gasteiger partial charge in [-0.25, -0.2) is 14.6 Å². The van der Waals surface area contributed by atoms with Crippen molar-refractivity contribution in [3.8, 4) is 11.3 Å². The zero-order chi connectivity index (χ0) is 20.5. The molecular formula is C20H16N8O2. The van der Waals surface area contributed by atoms with Crippen molar-refractivity contribution in [2.45, 2.75) is 13.1 Å². The molecule has 4 heterocycles. The quantitative estimate of drug-likeness (QED) is 0.411. The summed E-state index contributed by atoms with van der Waals surface area (Å²) in [5.74, 6) is -0.376. The summed E-state index contributed by atoms with van der Waals surface area (Å²) in [7, 11) is 1.34. The van der Waals surface area contributed by atoms with Crippen molar-refractivity contribution in [2.75, 3.05) is 7.11 Å². The zero-order valence-electron chi connectivity index (χ0n) is 16.0. The number of carbonyl (C=O) groups is 1. The van der Waals surface area contributed by atoms with Gasteiger partial charge in [-0.15, -0.1) is 5.10 Å². The van der Waals surface area contributed by atoms with Crippen LogP contribution in [0.25, 0.3) is 33.5 Å². The Morgan fingerprint density at radius 3 is 3.00 bits per heavy atom. The van der Waals surface area contributed by atoms with Gasteiger partial charge in [0.15, 0.2) is 5.65 Å². The number of fused-ring (bicyclic) bond motifs is 2. The summed E-state index contributed by atoms with van der Waals surface area (Å²) >= 11 is 0. The van der Waals surface area contributed by atoms with Crippen LogP contribution in [-0.4, -0.2) is 52.8 Å². The van der Waals surface area contributed by atoms with E-state index in [1.165, 1.54) is 11.8 Å². The summed E-state index contributed by atoms with van der Waals surface area (Å²) in [6.45, 7) is 0.531. The summed E-state index contributed by atoms with van der Waals surface area (Å²) in [6.07, 6.45) is 6.74. The molecule has 0 radical (unpaired) electrons. The molecule has 0 fully saturated rings. The van der Waals surface area contributed by atoms with Gasteiger partial charge in [-0.3, -0.25) is 14.5 Å². The highest BCUT2D eigenvalue weighted by Crippen LogP contribution is 2.19. The van der Waals surface area contributed by atoms with Crippen molar-refractivity contribution in [1.29, 1.82) is 0 Å². The number of carbonyl (C=O) groups excluding carboxylic acids is 1. The van der Waals surface area contributed by atoms with Gasteiger partial charge >= 0.3 is 5.97 Å². The maximum atomic E-state index is 11.4. The van der Waals surface area contributed by atoms with Gasteiger partial charge in [-0.05, 0) is 23.8 Å². The second-order valence-corrected chi connectivity index (χ2v) is 6.68. The first kappa shape index (κ1) is 17.9. The van der Waals surface area contributed by atoms with Crippen molar-refractivity contribution in [3.05, 3.63) is 60.7 Å². The molecule has 0 amide bonds. The largest absolute Gasteiger partial charge is 0.468 e. The molecule has 0 saturated heterocycles. The predicted molar refractivity (Wildman–Crippen MR) is 107 cm³/mol. The van der Waals surface area contributed by atoms with Crippen LogP contribution in [0.5, 0.6) is 0 Å². The lowest BCUT2D eigenvalue weighted by atomic mass is 10.1. The molecule has 0 N–H and O–H groups in total. The number of rotatable bonds is 5. The van der Waals surface area contributed by atoms with Gasteiger partial charge in [0.05, 0.1) is 37.3 Å². The Morgan fingerprint density at radius 2 is 2.10 bits per heavy atom. The minimum absolute atomic E-state index is 0.0302. The zero-order valence-corrected chi connectivity index (χ0v) is 16.0. The van der Waals surface area contributed by atoms with E-state index in [1.54, 1.807) is 29.5 Å². The number of aromatic nitrogens is 8. The van der Waals surface area contributed by atoms with E-state index >= 15 is 0 Å². The maximum absolute atomic E-state index is 11.4.